The molecule has 0 aliphatic rings. The Morgan fingerprint density at radius 2 is 2.05 bits per heavy atom. The van der Waals surface area contributed by atoms with Crippen molar-refractivity contribution in [3.05, 3.63) is 60.3 Å². The van der Waals surface area contributed by atoms with Gasteiger partial charge in [-0.1, -0.05) is 11.6 Å². The molecule has 0 bridgehead atoms. The lowest BCUT2D eigenvalue weighted by Crippen LogP contribution is -2.29. The van der Waals surface area contributed by atoms with Crippen LogP contribution in [0.1, 0.15) is 10.4 Å². The zero-order valence-corrected chi connectivity index (χ0v) is 11.6. The average Bonchev–Trinajstić information content (AvgIpc) is 2.33. The van der Waals surface area contributed by atoms with Crippen molar-refractivity contribution in [2.45, 2.75) is 0 Å². The average molecular weight is 345 g/mol. The topological polar surface area (TPSA) is 94.8 Å². The van der Waals surface area contributed by atoms with E-state index in [1.807, 2.05) is 4.98 Å². The summed E-state index contributed by atoms with van der Waals surface area (Å²) >= 11 is 9.10. The normalized spacial score (nSPS) is 10.2. The minimum absolute atomic E-state index is 0.196. The van der Waals surface area contributed by atoms with Crippen molar-refractivity contribution in [2.75, 3.05) is 5.32 Å². The van der Waals surface area contributed by atoms with Crippen molar-refractivity contribution in [3.63, 3.8) is 0 Å². The van der Waals surface area contributed by atoms with Crippen molar-refractivity contribution < 1.29 is 4.79 Å². The van der Waals surface area contributed by atoms with Crippen LogP contribution in [-0.2, 0) is 0 Å². The van der Waals surface area contributed by atoms with E-state index in [1.54, 1.807) is 12.1 Å². The number of amides is 1. The monoisotopic (exact) mass is 343 g/mol. The van der Waals surface area contributed by atoms with Gasteiger partial charge in [0, 0.05) is 16.4 Å². The Balaban J connectivity index is 2.28. The Hall–Kier alpha value is -1.86. The van der Waals surface area contributed by atoms with Crippen molar-refractivity contribution in [3.8, 4) is 0 Å². The van der Waals surface area contributed by atoms with Crippen molar-refractivity contribution in [1.82, 2.24) is 9.97 Å². The third kappa shape index (κ3) is 3.12. The third-order valence-electron chi connectivity index (χ3n) is 2.24. The van der Waals surface area contributed by atoms with Gasteiger partial charge in [0.05, 0.1) is 5.02 Å². The maximum absolute atomic E-state index is 11.8. The first-order valence-corrected chi connectivity index (χ1v) is 6.23. The zero-order valence-electron chi connectivity index (χ0n) is 9.29. The number of hydrogen-bond donors (Lipinski definition) is 3. The van der Waals surface area contributed by atoms with Crippen LogP contribution in [0.2, 0.25) is 5.02 Å². The zero-order chi connectivity index (χ0) is 14.0. The molecule has 0 spiro atoms. The van der Waals surface area contributed by atoms with E-state index in [-0.39, 0.29) is 5.56 Å². The second kappa shape index (κ2) is 5.41. The molecule has 1 amide bonds. The van der Waals surface area contributed by atoms with Gasteiger partial charge in [-0.2, -0.15) is 0 Å². The number of rotatable bonds is 2. The number of carbonyl (C=O) groups is 1. The van der Waals surface area contributed by atoms with Crippen molar-refractivity contribution in [1.29, 1.82) is 0 Å². The van der Waals surface area contributed by atoms with Crippen LogP contribution >= 0.6 is 27.5 Å². The van der Waals surface area contributed by atoms with Crippen LogP contribution in [-0.4, -0.2) is 15.9 Å². The highest BCUT2D eigenvalue weighted by molar-refractivity contribution is 9.10. The Morgan fingerprint density at radius 3 is 2.68 bits per heavy atom. The number of carbonyl (C=O) groups excluding carboxylic acids is 1. The minimum atomic E-state index is -0.760. The number of anilines is 1. The molecule has 8 heteroatoms. The highest BCUT2D eigenvalue weighted by atomic mass is 79.9. The molecule has 2 rings (SSSR count). The first kappa shape index (κ1) is 13.6. The van der Waals surface area contributed by atoms with Crippen molar-refractivity contribution in [2.24, 2.45) is 0 Å². The van der Waals surface area contributed by atoms with Crippen molar-refractivity contribution >= 4 is 39.1 Å². The summed E-state index contributed by atoms with van der Waals surface area (Å²) in [5, 5.41) is 2.92. The van der Waals surface area contributed by atoms with Gasteiger partial charge in [-0.05, 0) is 34.1 Å². The van der Waals surface area contributed by atoms with Crippen LogP contribution in [0.3, 0.4) is 0 Å². The molecule has 1 aromatic heterocycles. The molecule has 0 aliphatic carbocycles. The van der Waals surface area contributed by atoms with E-state index in [4.69, 9.17) is 11.6 Å². The summed E-state index contributed by atoms with van der Waals surface area (Å²) in [5.41, 5.74) is -1.19. The lowest BCUT2D eigenvalue weighted by Gasteiger charge is -2.05. The molecular formula is C11H7BrClN3O3. The standard InChI is InChI=1S/C11H7BrClN3O3/c12-7-2-1-5(3-8(7)13)15-9(17)6-4-14-11(19)16-10(6)18/h1-4H,(H,15,17)(H2,14,16,18,19). The van der Waals surface area contributed by atoms with E-state index in [0.717, 1.165) is 6.20 Å². The molecule has 6 nitrogen and oxygen atoms in total. The van der Waals surface area contributed by atoms with Crippen LogP contribution in [0.25, 0.3) is 0 Å². The maximum Gasteiger partial charge on any atom is 0.325 e. The van der Waals surface area contributed by atoms with E-state index in [0.29, 0.717) is 15.2 Å². The van der Waals surface area contributed by atoms with E-state index in [1.165, 1.54) is 6.07 Å². The van der Waals surface area contributed by atoms with Gasteiger partial charge >= 0.3 is 5.69 Å². The fourth-order valence-electron chi connectivity index (χ4n) is 1.35. The molecule has 0 saturated heterocycles. The quantitative estimate of drug-likeness (QED) is 0.774. The lowest BCUT2D eigenvalue weighted by atomic mass is 10.2. The predicted octanol–water partition coefficient (Wildman–Crippen LogP) is 1.73. The Kier molecular flexibility index (Phi) is 3.87. The molecule has 0 saturated carbocycles. The van der Waals surface area contributed by atoms with Gasteiger partial charge in [0.15, 0.2) is 0 Å². The second-order valence-electron chi connectivity index (χ2n) is 3.57. The Bertz CT molecular complexity index is 753. The van der Waals surface area contributed by atoms with Gasteiger partial charge in [-0.15, -0.1) is 0 Å². The molecule has 1 aromatic carbocycles. The van der Waals surface area contributed by atoms with Crippen LogP contribution in [0.5, 0.6) is 0 Å². The number of aromatic nitrogens is 2. The largest absolute Gasteiger partial charge is 0.325 e. The SMILES string of the molecule is O=C(Nc1ccc(Br)c(Cl)c1)c1c[nH]c(=O)[nH]c1=O. The number of nitrogens with one attached hydrogen (secondary N) is 3. The van der Waals surface area contributed by atoms with E-state index >= 15 is 0 Å². The van der Waals surface area contributed by atoms with E-state index in [9.17, 15) is 14.4 Å². The van der Waals surface area contributed by atoms with Crippen LogP contribution in [0.15, 0.2) is 38.5 Å². The number of H-pyrrole nitrogens is 2. The molecular weight excluding hydrogens is 337 g/mol. The molecule has 3 N–H and O–H groups in total. The number of aromatic amines is 2. The summed E-state index contributed by atoms with van der Waals surface area (Å²) in [5.74, 6) is -0.643. The fourth-order valence-corrected chi connectivity index (χ4v) is 1.78. The summed E-state index contributed by atoms with van der Waals surface area (Å²) in [7, 11) is 0. The van der Waals surface area contributed by atoms with Gasteiger partial charge in [-0.3, -0.25) is 14.6 Å². The summed E-state index contributed by atoms with van der Waals surface area (Å²) in [6.07, 6.45) is 1.05. The maximum atomic E-state index is 11.8. The molecule has 19 heavy (non-hydrogen) atoms. The molecule has 1 heterocycles. The summed E-state index contributed by atoms with van der Waals surface area (Å²) in [6, 6.07) is 4.81. The molecule has 0 fully saturated rings. The highest BCUT2D eigenvalue weighted by Crippen LogP contribution is 2.25. The molecule has 0 aliphatic heterocycles. The second-order valence-corrected chi connectivity index (χ2v) is 4.83. The van der Waals surface area contributed by atoms with Gasteiger partial charge in [-0.25, -0.2) is 4.79 Å². The highest BCUT2D eigenvalue weighted by Gasteiger charge is 2.11. The van der Waals surface area contributed by atoms with Crippen LogP contribution in [0.4, 0.5) is 5.69 Å². The van der Waals surface area contributed by atoms with E-state index in [2.05, 4.69) is 26.2 Å². The van der Waals surface area contributed by atoms with Gasteiger partial charge in [0.25, 0.3) is 11.5 Å². The fraction of sp³-hybridized carbons (Fsp3) is 0. The Labute approximate surface area is 119 Å². The first-order chi connectivity index (χ1) is 8.97. The molecule has 0 atom stereocenters. The van der Waals surface area contributed by atoms with Crippen LogP contribution < -0.4 is 16.6 Å². The molecule has 2 aromatic rings. The molecule has 0 radical (unpaired) electrons. The summed E-state index contributed by atoms with van der Waals surface area (Å²) < 4.78 is 0.689. The van der Waals surface area contributed by atoms with Crippen LogP contribution in [0, 0.1) is 0 Å². The number of hydrogen-bond acceptors (Lipinski definition) is 3. The lowest BCUT2D eigenvalue weighted by molar-refractivity contribution is 0.102. The van der Waals surface area contributed by atoms with E-state index < -0.39 is 17.2 Å². The Morgan fingerprint density at radius 1 is 1.32 bits per heavy atom. The summed E-state index contributed by atoms with van der Waals surface area (Å²) in [4.78, 5) is 38.3. The van der Waals surface area contributed by atoms with Gasteiger partial charge in [0.2, 0.25) is 0 Å². The van der Waals surface area contributed by atoms with Gasteiger partial charge in [0.1, 0.15) is 5.56 Å². The minimum Gasteiger partial charge on any atom is -0.322 e. The van der Waals surface area contributed by atoms with Gasteiger partial charge < -0.3 is 10.3 Å². The predicted molar refractivity (Wildman–Crippen MR) is 74.8 cm³/mol. The molecule has 98 valence electrons. The number of halogens is 2. The first-order valence-electron chi connectivity index (χ1n) is 5.06. The molecule has 0 unspecified atom stereocenters. The third-order valence-corrected chi connectivity index (χ3v) is 3.47. The smallest absolute Gasteiger partial charge is 0.322 e. The number of benzene rings is 1. The summed E-state index contributed by atoms with van der Waals surface area (Å²) in [6.45, 7) is 0.